The topological polar surface area (TPSA) is 86.8 Å². The second kappa shape index (κ2) is 7.10. The standard InChI is InChI=1S/C15H21N3O4S/c1-17(2)23(21,22)10-6-9-18-14(19)13(16-15(18)20)11-12-7-4-3-5-8-12/h3-5,7-8,13H,6,9-11H2,1-2H3,(H,16,20). The molecular formula is C15H21N3O4S. The Labute approximate surface area is 136 Å². The maximum absolute atomic E-state index is 12.3. The fourth-order valence-corrected chi connectivity index (χ4v) is 3.22. The summed E-state index contributed by atoms with van der Waals surface area (Å²) in [5, 5.41) is 2.65. The van der Waals surface area contributed by atoms with Gasteiger partial charge in [0, 0.05) is 27.1 Å². The van der Waals surface area contributed by atoms with Gasteiger partial charge in [-0.15, -0.1) is 0 Å². The van der Waals surface area contributed by atoms with E-state index in [-0.39, 0.29) is 24.6 Å². The SMILES string of the molecule is CN(C)S(=O)(=O)CCCN1C(=O)NC(Cc2ccccc2)C1=O. The summed E-state index contributed by atoms with van der Waals surface area (Å²) < 4.78 is 24.5. The zero-order valence-electron chi connectivity index (χ0n) is 13.2. The molecule has 1 fully saturated rings. The van der Waals surface area contributed by atoms with Crippen LogP contribution in [0.1, 0.15) is 12.0 Å². The van der Waals surface area contributed by atoms with Crippen molar-refractivity contribution >= 4 is 22.0 Å². The maximum Gasteiger partial charge on any atom is 0.324 e. The molecule has 1 atom stereocenters. The normalized spacial score (nSPS) is 18.6. The van der Waals surface area contributed by atoms with Crippen molar-refractivity contribution < 1.29 is 18.0 Å². The molecule has 23 heavy (non-hydrogen) atoms. The Morgan fingerprint density at radius 1 is 1.17 bits per heavy atom. The summed E-state index contributed by atoms with van der Waals surface area (Å²) in [5.41, 5.74) is 0.961. The van der Waals surface area contributed by atoms with Crippen molar-refractivity contribution in [2.45, 2.75) is 18.9 Å². The first kappa shape index (κ1) is 17.4. The van der Waals surface area contributed by atoms with Gasteiger partial charge in [0.05, 0.1) is 5.75 Å². The van der Waals surface area contributed by atoms with Crippen molar-refractivity contribution in [2.24, 2.45) is 0 Å². The highest BCUT2D eigenvalue weighted by Gasteiger charge is 2.37. The number of sulfonamides is 1. The molecule has 0 saturated carbocycles. The molecule has 1 N–H and O–H groups in total. The summed E-state index contributed by atoms with van der Waals surface area (Å²) >= 11 is 0. The number of hydrogen-bond acceptors (Lipinski definition) is 4. The van der Waals surface area contributed by atoms with Crippen LogP contribution in [-0.4, -0.2) is 62.0 Å². The lowest BCUT2D eigenvalue weighted by Gasteiger charge is -2.15. The Morgan fingerprint density at radius 3 is 2.43 bits per heavy atom. The fourth-order valence-electron chi connectivity index (χ4n) is 2.36. The largest absolute Gasteiger partial charge is 0.325 e. The van der Waals surface area contributed by atoms with E-state index in [9.17, 15) is 18.0 Å². The lowest BCUT2D eigenvalue weighted by atomic mass is 10.1. The van der Waals surface area contributed by atoms with Gasteiger partial charge >= 0.3 is 6.03 Å². The lowest BCUT2D eigenvalue weighted by Crippen LogP contribution is -2.34. The van der Waals surface area contributed by atoms with Crippen LogP contribution in [0.5, 0.6) is 0 Å². The van der Waals surface area contributed by atoms with Crippen LogP contribution in [0.25, 0.3) is 0 Å². The van der Waals surface area contributed by atoms with Crippen LogP contribution in [0.2, 0.25) is 0 Å². The second-order valence-electron chi connectivity index (χ2n) is 5.63. The number of benzene rings is 1. The Hall–Kier alpha value is -1.93. The maximum atomic E-state index is 12.3. The molecule has 1 saturated heterocycles. The third-order valence-corrected chi connectivity index (χ3v) is 5.65. The number of carbonyl (C=O) groups excluding carboxylic acids is 2. The van der Waals surface area contributed by atoms with Gasteiger partial charge in [0.25, 0.3) is 5.91 Å². The van der Waals surface area contributed by atoms with E-state index in [0.29, 0.717) is 6.42 Å². The van der Waals surface area contributed by atoms with Crippen LogP contribution in [0.15, 0.2) is 30.3 Å². The predicted octanol–water partition coefficient (Wildman–Crippen LogP) is 0.431. The molecule has 1 aromatic carbocycles. The van der Waals surface area contributed by atoms with Gasteiger partial charge in [-0.3, -0.25) is 9.69 Å². The van der Waals surface area contributed by atoms with E-state index in [1.807, 2.05) is 30.3 Å². The quantitative estimate of drug-likeness (QED) is 0.730. The smallest absolute Gasteiger partial charge is 0.324 e. The van der Waals surface area contributed by atoms with Gasteiger partial charge in [-0.05, 0) is 12.0 Å². The summed E-state index contributed by atoms with van der Waals surface area (Å²) in [5.74, 6) is -0.401. The van der Waals surface area contributed by atoms with Crippen molar-refractivity contribution in [1.82, 2.24) is 14.5 Å². The number of nitrogens with one attached hydrogen (secondary N) is 1. The highest BCUT2D eigenvalue weighted by molar-refractivity contribution is 7.89. The molecule has 126 valence electrons. The average molecular weight is 339 g/mol. The summed E-state index contributed by atoms with van der Waals surface area (Å²) in [6.45, 7) is 0.100. The Balaban J connectivity index is 1.91. The minimum atomic E-state index is -3.32. The van der Waals surface area contributed by atoms with Gasteiger partial charge < -0.3 is 5.32 Å². The molecule has 1 aliphatic heterocycles. The van der Waals surface area contributed by atoms with Crippen LogP contribution < -0.4 is 5.32 Å². The molecule has 2 rings (SSSR count). The fraction of sp³-hybridized carbons (Fsp3) is 0.467. The van der Waals surface area contributed by atoms with Gasteiger partial charge in [-0.2, -0.15) is 0 Å². The number of imide groups is 1. The molecule has 7 nitrogen and oxygen atoms in total. The summed E-state index contributed by atoms with van der Waals surface area (Å²) in [7, 11) is -0.409. The van der Waals surface area contributed by atoms with Crippen molar-refractivity contribution in [3.63, 3.8) is 0 Å². The van der Waals surface area contributed by atoms with E-state index in [1.165, 1.54) is 14.1 Å². The first-order valence-electron chi connectivity index (χ1n) is 7.37. The first-order valence-corrected chi connectivity index (χ1v) is 8.98. The molecule has 0 bridgehead atoms. The highest BCUT2D eigenvalue weighted by atomic mass is 32.2. The van der Waals surface area contributed by atoms with Gasteiger partial charge in [-0.25, -0.2) is 17.5 Å². The number of nitrogens with zero attached hydrogens (tertiary/aromatic N) is 2. The van der Waals surface area contributed by atoms with Crippen LogP contribution in [-0.2, 0) is 21.2 Å². The van der Waals surface area contributed by atoms with Crippen molar-refractivity contribution in [3.8, 4) is 0 Å². The zero-order chi connectivity index (χ0) is 17.0. The number of urea groups is 1. The van der Waals surface area contributed by atoms with Gasteiger partial charge in [0.2, 0.25) is 10.0 Å². The average Bonchev–Trinajstić information content (AvgIpc) is 2.75. The molecule has 1 unspecified atom stereocenters. The Kier molecular flexibility index (Phi) is 5.38. The molecule has 0 aromatic heterocycles. The summed E-state index contributed by atoms with van der Waals surface area (Å²) in [4.78, 5) is 25.3. The third-order valence-electron chi connectivity index (χ3n) is 3.73. The molecule has 3 amide bonds. The summed E-state index contributed by atoms with van der Waals surface area (Å²) in [6, 6.07) is 8.38. The molecular weight excluding hydrogens is 318 g/mol. The van der Waals surface area contributed by atoms with Crippen LogP contribution >= 0.6 is 0 Å². The number of rotatable bonds is 7. The van der Waals surface area contributed by atoms with Crippen molar-refractivity contribution in [1.29, 1.82) is 0 Å². The van der Waals surface area contributed by atoms with Gasteiger partial charge in [0.1, 0.15) is 6.04 Å². The molecule has 0 spiro atoms. The van der Waals surface area contributed by atoms with Crippen LogP contribution in [0.4, 0.5) is 4.79 Å². The number of amides is 3. The van der Waals surface area contributed by atoms with E-state index >= 15 is 0 Å². The molecule has 0 aliphatic carbocycles. The van der Waals surface area contributed by atoms with Gasteiger partial charge in [0.15, 0.2) is 0 Å². The number of carbonyl (C=O) groups is 2. The molecule has 1 heterocycles. The predicted molar refractivity (Wildman–Crippen MR) is 86.3 cm³/mol. The minimum Gasteiger partial charge on any atom is -0.325 e. The second-order valence-corrected chi connectivity index (χ2v) is 7.94. The lowest BCUT2D eigenvalue weighted by molar-refractivity contribution is -0.127. The Bertz CT molecular complexity index is 673. The van der Waals surface area contributed by atoms with E-state index in [1.54, 1.807) is 0 Å². The summed E-state index contributed by atoms with van der Waals surface area (Å²) in [6.07, 6.45) is 0.648. The van der Waals surface area contributed by atoms with E-state index in [0.717, 1.165) is 14.8 Å². The zero-order valence-corrected chi connectivity index (χ0v) is 14.0. The van der Waals surface area contributed by atoms with Crippen LogP contribution in [0, 0.1) is 0 Å². The van der Waals surface area contributed by atoms with Crippen molar-refractivity contribution in [2.75, 3.05) is 26.4 Å². The minimum absolute atomic E-state index is 0.0968. The monoisotopic (exact) mass is 339 g/mol. The van der Waals surface area contributed by atoms with E-state index in [2.05, 4.69) is 5.32 Å². The first-order chi connectivity index (χ1) is 10.8. The van der Waals surface area contributed by atoms with Gasteiger partial charge in [-0.1, -0.05) is 30.3 Å². The molecule has 1 aliphatic rings. The molecule has 1 aromatic rings. The highest BCUT2D eigenvalue weighted by Crippen LogP contribution is 2.13. The Morgan fingerprint density at radius 2 is 1.83 bits per heavy atom. The third kappa shape index (κ3) is 4.29. The van der Waals surface area contributed by atoms with E-state index < -0.39 is 22.1 Å². The molecule has 0 radical (unpaired) electrons. The van der Waals surface area contributed by atoms with Crippen molar-refractivity contribution in [3.05, 3.63) is 35.9 Å². The van der Waals surface area contributed by atoms with Crippen LogP contribution in [0.3, 0.4) is 0 Å². The van der Waals surface area contributed by atoms with E-state index in [4.69, 9.17) is 0 Å². The number of hydrogen-bond donors (Lipinski definition) is 1. The molecule has 8 heteroatoms.